The summed E-state index contributed by atoms with van der Waals surface area (Å²) in [5, 5.41) is 20.4. The molecule has 9 heteroatoms. The Morgan fingerprint density at radius 3 is 2.83 bits per heavy atom. The Morgan fingerprint density at radius 2 is 2.17 bits per heavy atom. The Hall–Kier alpha value is -2.42. The predicted molar refractivity (Wildman–Crippen MR) is 106 cm³/mol. The molecule has 0 aliphatic carbocycles. The molecule has 3 heterocycles. The molecule has 0 amide bonds. The number of β-amino-alcohol motifs (C(OH)–C–C–N with tert-alkyl or cyclic N) is 1. The fraction of sp³-hybridized carbons (Fsp3) is 0.450. The van der Waals surface area contributed by atoms with Crippen molar-refractivity contribution < 1.29 is 23.9 Å². The van der Waals surface area contributed by atoms with Gasteiger partial charge in [0.1, 0.15) is 17.4 Å². The topological polar surface area (TPSA) is 97.4 Å². The van der Waals surface area contributed by atoms with E-state index in [1.54, 1.807) is 36.3 Å². The van der Waals surface area contributed by atoms with Crippen molar-refractivity contribution in [3.05, 3.63) is 40.6 Å². The zero-order chi connectivity index (χ0) is 20.5. The molecule has 4 rings (SSSR count). The van der Waals surface area contributed by atoms with Crippen LogP contribution in [0.1, 0.15) is 35.9 Å². The Labute approximate surface area is 173 Å². The first-order valence-electron chi connectivity index (χ1n) is 9.47. The molecule has 3 atom stereocenters. The number of benzene rings is 1. The minimum absolute atomic E-state index is 0.129. The van der Waals surface area contributed by atoms with Gasteiger partial charge in [-0.15, -0.1) is 0 Å². The molecule has 2 aliphatic heterocycles. The standard InChI is InChI=1S/C20H22ClN3O5/c1-11(25)8-24-12(2)15(7-22-24)19-17(20(26)28-13-9-27-10-13)18(23-29-19)14-5-3-4-6-16(14)21/h3-7,11-13,15,25H,8-10H2,1-2H3/t11-,12?,15?/m0/s1. The molecule has 1 aromatic carbocycles. The van der Waals surface area contributed by atoms with Crippen LogP contribution in [-0.4, -0.2) is 65.5 Å². The molecule has 0 spiro atoms. The second kappa shape index (κ2) is 8.14. The van der Waals surface area contributed by atoms with E-state index < -0.39 is 12.1 Å². The van der Waals surface area contributed by atoms with Crippen LogP contribution >= 0.6 is 11.6 Å². The van der Waals surface area contributed by atoms with Crippen molar-refractivity contribution in [2.24, 2.45) is 5.10 Å². The van der Waals surface area contributed by atoms with Gasteiger partial charge < -0.3 is 19.1 Å². The van der Waals surface area contributed by atoms with Crippen molar-refractivity contribution in [2.45, 2.75) is 38.0 Å². The Bertz CT molecular complexity index is 925. The molecule has 0 radical (unpaired) electrons. The van der Waals surface area contributed by atoms with Gasteiger partial charge in [-0.1, -0.05) is 35.0 Å². The summed E-state index contributed by atoms with van der Waals surface area (Å²) in [6, 6.07) is 6.99. The third-order valence-corrected chi connectivity index (χ3v) is 5.38. The highest BCUT2D eigenvalue weighted by Crippen LogP contribution is 2.37. The largest absolute Gasteiger partial charge is 0.454 e. The quantitative estimate of drug-likeness (QED) is 0.719. The number of carbonyl (C=O) groups is 1. The molecule has 0 saturated carbocycles. The van der Waals surface area contributed by atoms with Crippen LogP contribution in [0.2, 0.25) is 5.02 Å². The molecular formula is C20H22ClN3O5. The molecule has 1 saturated heterocycles. The highest BCUT2D eigenvalue weighted by atomic mass is 35.5. The summed E-state index contributed by atoms with van der Waals surface area (Å²) in [5.41, 5.74) is 1.17. The first kappa shape index (κ1) is 19.9. The SMILES string of the molecule is CC1C(c2onc(-c3ccccc3Cl)c2C(=O)OC2COC2)C=NN1C[C@H](C)O. The molecule has 2 aromatic rings. The van der Waals surface area contributed by atoms with Gasteiger partial charge in [-0.2, -0.15) is 5.10 Å². The van der Waals surface area contributed by atoms with E-state index in [2.05, 4.69) is 10.3 Å². The summed E-state index contributed by atoms with van der Waals surface area (Å²) >= 11 is 6.34. The van der Waals surface area contributed by atoms with E-state index in [1.165, 1.54) is 0 Å². The minimum atomic E-state index is -0.537. The summed E-state index contributed by atoms with van der Waals surface area (Å²) in [6.45, 7) is 4.77. The molecule has 2 unspecified atom stereocenters. The van der Waals surface area contributed by atoms with Crippen LogP contribution in [0.5, 0.6) is 0 Å². The number of rotatable bonds is 6. The Morgan fingerprint density at radius 1 is 1.41 bits per heavy atom. The first-order valence-corrected chi connectivity index (χ1v) is 9.85. The van der Waals surface area contributed by atoms with E-state index in [0.29, 0.717) is 41.8 Å². The summed E-state index contributed by atoms with van der Waals surface area (Å²) < 4.78 is 16.3. The van der Waals surface area contributed by atoms with Gasteiger partial charge in [-0.25, -0.2) is 4.79 Å². The normalized spacial score (nSPS) is 22.6. The monoisotopic (exact) mass is 419 g/mol. The number of aliphatic hydroxyl groups excluding tert-OH is 1. The lowest BCUT2D eigenvalue weighted by atomic mass is 9.94. The van der Waals surface area contributed by atoms with Crippen molar-refractivity contribution in [1.82, 2.24) is 10.2 Å². The number of aromatic nitrogens is 1. The predicted octanol–water partition coefficient (Wildman–Crippen LogP) is 2.70. The van der Waals surface area contributed by atoms with Crippen molar-refractivity contribution in [1.29, 1.82) is 0 Å². The molecule has 1 aromatic heterocycles. The van der Waals surface area contributed by atoms with E-state index in [9.17, 15) is 9.90 Å². The van der Waals surface area contributed by atoms with E-state index in [0.717, 1.165) is 0 Å². The van der Waals surface area contributed by atoms with Crippen LogP contribution in [-0.2, 0) is 9.47 Å². The number of hydrazone groups is 1. The van der Waals surface area contributed by atoms with E-state index in [-0.39, 0.29) is 23.6 Å². The first-order chi connectivity index (χ1) is 14.0. The number of hydrogen-bond donors (Lipinski definition) is 1. The van der Waals surface area contributed by atoms with Gasteiger partial charge in [0.2, 0.25) is 0 Å². The van der Waals surface area contributed by atoms with Crippen LogP contribution in [0.3, 0.4) is 0 Å². The third-order valence-electron chi connectivity index (χ3n) is 5.05. The molecule has 154 valence electrons. The smallest absolute Gasteiger partial charge is 0.344 e. The van der Waals surface area contributed by atoms with Gasteiger partial charge in [-0.3, -0.25) is 5.01 Å². The van der Waals surface area contributed by atoms with E-state index in [1.807, 2.05) is 13.0 Å². The zero-order valence-electron chi connectivity index (χ0n) is 16.1. The maximum absolute atomic E-state index is 13.0. The second-order valence-electron chi connectivity index (χ2n) is 7.32. The Kier molecular flexibility index (Phi) is 5.58. The second-order valence-corrected chi connectivity index (χ2v) is 7.72. The van der Waals surface area contributed by atoms with Crippen molar-refractivity contribution in [3.63, 3.8) is 0 Å². The van der Waals surface area contributed by atoms with Crippen molar-refractivity contribution in [3.8, 4) is 11.3 Å². The number of aliphatic hydroxyl groups is 1. The van der Waals surface area contributed by atoms with Crippen LogP contribution < -0.4 is 0 Å². The molecular weight excluding hydrogens is 398 g/mol. The Balaban J connectivity index is 1.71. The number of halogens is 1. The van der Waals surface area contributed by atoms with Gasteiger partial charge in [0, 0.05) is 11.8 Å². The summed E-state index contributed by atoms with van der Waals surface area (Å²) in [7, 11) is 0. The van der Waals surface area contributed by atoms with Gasteiger partial charge in [0.15, 0.2) is 5.76 Å². The van der Waals surface area contributed by atoms with Gasteiger partial charge in [0.25, 0.3) is 0 Å². The van der Waals surface area contributed by atoms with Crippen LogP contribution in [0.15, 0.2) is 33.9 Å². The lowest BCUT2D eigenvalue weighted by molar-refractivity contribution is -0.103. The molecule has 8 nitrogen and oxygen atoms in total. The number of ether oxygens (including phenoxy) is 2. The average Bonchev–Trinajstić information content (AvgIpc) is 3.22. The average molecular weight is 420 g/mol. The summed E-state index contributed by atoms with van der Waals surface area (Å²) in [4.78, 5) is 13.0. The van der Waals surface area contributed by atoms with Crippen LogP contribution in [0, 0.1) is 0 Å². The highest BCUT2D eigenvalue weighted by Gasteiger charge is 2.38. The summed E-state index contributed by atoms with van der Waals surface area (Å²) in [6.07, 6.45) is 0.878. The molecule has 0 bridgehead atoms. The lowest BCUT2D eigenvalue weighted by Crippen LogP contribution is -2.38. The molecule has 2 aliphatic rings. The molecule has 1 fully saturated rings. The van der Waals surface area contributed by atoms with Gasteiger partial charge in [0.05, 0.1) is 42.8 Å². The van der Waals surface area contributed by atoms with Crippen LogP contribution in [0.4, 0.5) is 0 Å². The minimum Gasteiger partial charge on any atom is -0.454 e. The maximum atomic E-state index is 13.0. The fourth-order valence-electron chi connectivity index (χ4n) is 3.40. The van der Waals surface area contributed by atoms with Gasteiger partial charge in [-0.05, 0) is 19.9 Å². The number of nitrogens with zero attached hydrogens (tertiary/aromatic N) is 3. The maximum Gasteiger partial charge on any atom is 0.344 e. The molecule has 29 heavy (non-hydrogen) atoms. The zero-order valence-corrected chi connectivity index (χ0v) is 16.9. The number of esters is 1. The number of carbonyl (C=O) groups excluding carboxylic acids is 1. The van der Waals surface area contributed by atoms with Crippen molar-refractivity contribution >= 4 is 23.8 Å². The highest BCUT2D eigenvalue weighted by molar-refractivity contribution is 6.33. The van der Waals surface area contributed by atoms with Gasteiger partial charge >= 0.3 is 5.97 Å². The van der Waals surface area contributed by atoms with Crippen LogP contribution in [0.25, 0.3) is 11.3 Å². The summed E-state index contributed by atoms with van der Waals surface area (Å²) in [5.74, 6) is -0.480. The van der Waals surface area contributed by atoms with E-state index in [4.69, 9.17) is 25.6 Å². The van der Waals surface area contributed by atoms with E-state index >= 15 is 0 Å². The molecule has 1 N–H and O–H groups in total. The fourth-order valence-corrected chi connectivity index (χ4v) is 3.63. The third kappa shape index (κ3) is 3.88. The lowest BCUT2D eigenvalue weighted by Gasteiger charge is -2.26. The van der Waals surface area contributed by atoms with Crippen molar-refractivity contribution in [2.75, 3.05) is 19.8 Å². The number of hydrogen-bond acceptors (Lipinski definition) is 8.